The Balaban J connectivity index is 5.67. The summed E-state index contributed by atoms with van der Waals surface area (Å²) in [7, 11) is 0. The number of rotatable bonds is 20. The van der Waals surface area contributed by atoms with E-state index in [1.807, 2.05) is 0 Å². The number of nitrogens with one attached hydrogen (secondary N) is 3. The molecule has 0 spiro atoms. The van der Waals surface area contributed by atoms with Crippen molar-refractivity contribution in [1.29, 1.82) is 0 Å². The maximum Gasteiger partial charge on any atom is 0.326 e. The second-order valence-electron chi connectivity index (χ2n) is 8.54. The highest BCUT2D eigenvalue weighted by molar-refractivity contribution is 5.95. The molecule has 0 aliphatic carbocycles. The molecular weight excluding hydrogens is 504 g/mol. The first-order chi connectivity index (χ1) is 17.8. The normalized spacial score (nSPS) is 13.7. The van der Waals surface area contributed by atoms with Crippen molar-refractivity contribution in [1.82, 2.24) is 16.0 Å². The van der Waals surface area contributed by atoms with Gasteiger partial charge in [0.05, 0.1) is 12.5 Å². The molecule has 0 bridgehead atoms. The molecule has 0 saturated carbocycles. The van der Waals surface area contributed by atoms with Crippen molar-refractivity contribution in [2.75, 3.05) is 13.1 Å². The number of guanidine groups is 1. The van der Waals surface area contributed by atoms with Crippen LogP contribution in [0.3, 0.4) is 0 Å². The minimum absolute atomic E-state index is 0.00135. The minimum atomic E-state index is -1.36. The lowest BCUT2D eigenvalue weighted by atomic mass is 10.0. The number of primary amides is 2. The van der Waals surface area contributed by atoms with Gasteiger partial charge in [0.25, 0.3) is 0 Å². The summed E-state index contributed by atoms with van der Waals surface area (Å²) in [6.45, 7) is 0.459. The van der Waals surface area contributed by atoms with Crippen LogP contribution in [-0.2, 0) is 28.8 Å². The number of unbranched alkanes of at least 4 members (excludes halogenated alkanes) is 1. The lowest BCUT2D eigenvalue weighted by Crippen LogP contribution is -2.57. The number of aliphatic carboxylic acids is 1. The Morgan fingerprint density at radius 2 is 1.24 bits per heavy atom. The second kappa shape index (κ2) is 18.3. The molecule has 0 heterocycles. The molecule has 17 heteroatoms. The van der Waals surface area contributed by atoms with Gasteiger partial charge in [-0.3, -0.25) is 29.0 Å². The van der Waals surface area contributed by atoms with Crippen LogP contribution in [0.4, 0.5) is 0 Å². The standard InChI is InChI=1S/C21H40N10O7/c22-8-2-1-4-14(20(37)38)31-19(36)13(6-7-15(24)32)30-18(35)12(5-3-9-28-21(26)27)29-17(34)11(23)10-16(25)33/h11-14H,1-10,22-23H2,(H2,24,32)(H2,25,33)(H,29,34)(H,30,35)(H,31,36)(H,37,38)(H4,26,27,28). The van der Waals surface area contributed by atoms with Gasteiger partial charge in [-0.25, -0.2) is 4.79 Å². The van der Waals surface area contributed by atoms with E-state index >= 15 is 0 Å². The van der Waals surface area contributed by atoms with Crippen molar-refractivity contribution >= 4 is 41.5 Å². The van der Waals surface area contributed by atoms with Crippen LogP contribution in [0.25, 0.3) is 0 Å². The Morgan fingerprint density at radius 3 is 1.74 bits per heavy atom. The zero-order valence-corrected chi connectivity index (χ0v) is 21.2. The number of nitrogens with two attached hydrogens (primary N) is 6. The third-order valence-electron chi connectivity index (χ3n) is 5.21. The van der Waals surface area contributed by atoms with E-state index in [4.69, 9.17) is 34.4 Å². The van der Waals surface area contributed by atoms with Gasteiger partial charge in [-0.2, -0.15) is 0 Å². The summed E-state index contributed by atoms with van der Waals surface area (Å²) >= 11 is 0. The predicted molar refractivity (Wildman–Crippen MR) is 136 cm³/mol. The van der Waals surface area contributed by atoms with Crippen LogP contribution >= 0.6 is 0 Å². The Bertz CT molecular complexity index is 863. The Morgan fingerprint density at radius 1 is 0.711 bits per heavy atom. The van der Waals surface area contributed by atoms with Crippen LogP contribution < -0.4 is 50.4 Å². The summed E-state index contributed by atoms with van der Waals surface area (Å²) in [6, 6.07) is -5.20. The number of carboxylic acid groups (broad SMARTS) is 1. The number of amides is 5. The smallest absolute Gasteiger partial charge is 0.326 e. The molecule has 0 fully saturated rings. The van der Waals surface area contributed by atoms with Crippen LogP contribution in [0, 0.1) is 0 Å². The zero-order chi connectivity index (χ0) is 29.3. The molecule has 0 saturated heterocycles. The predicted octanol–water partition coefficient (Wildman–Crippen LogP) is -4.82. The maximum atomic E-state index is 13.1. The molecular formula is C21H40N10O7. The SMILES string of the molecule is NCCCCC(NC(=O)C(CCC(N)=O)NC(=O)C(CCCN=C(N)N)NC(=O)C(N)CC(N)=O)C(=O)O. The molecule has 0 aromatic rings. The molecule has 4 atom stereocenters. The highest BCUT2D eigenvalue weighted by Crippen LogP contribution is 2.06. The molecule has 0 aliphatic heterocycles. The summed E-state index contributed by atoms with van der Waals surface area (Å²) in [6.07, 6.45) is 0.281. The monoisotopic (exact) mass is 544 g/mol. The third-order valence-corrected chi connectivity index (χ3v) is 5.21. The van der Waals surface area contributed by atoms with Gasteiger partial charge in [-0.1, -0.05) is 0 Å². The maximum absolute atomic E-state index is 13.1. The number of hydrogen-bond acceptors (Lipinski definition) is 9. The van der Waals surface area contributed by atoms with Gasteiger partial charge in [0, 0.05) is 13.0 Å². The summed E-state index contributed by atoms with van der Waals surface area (Å²) in [5.41, 5.74) is 31.9. The van der Waals surface area contributed by atoms with Crippen molar-refractivity contribution in [2.24, 2.45) is 39.4 Å². The molecule has 17 nitrogen and oxygen atoms in total. The van der Waals surface area contributed by atoms with E-state index in [0.717, 1.165) is 0 Å². The van der Waals surface area contributed by atoms with Crippen LogP contribution in [0.2, 0.25) is 0 Å². The second-order valence-corrected chi connectivity index (χ2v) is 8.54. The molecule has 0 radical (unpaired) electrons. The summed E-state index contributed by atoms with van der Waals surface area (Å²) in [4.78, 5) is 76.1. The van der Waals surface area contributed by atoms with Crippen LogP contribution in [-0.4, -0.2) is 83.8 Å². The highest BCUT2D eigenvalue weighted by Gasteiger charge is 2.30. The number of nitrogens with zero attached hydrogens (tertiary/aromatic N) is 1. The fourth-order valence-corrected chi connectivity index (χ4v) is 3.21. The van der Waals surface area contributed by atoms with Gasteiger partial charge in [0.15, 0.2) is 5.96 Å². The molecule has 0 aromatic heterocycles. The van der Waals surface area contributed by atoms with Gasteiger partial charge in [0.2, 0.25) is 29.5 Å². The van der Waals surface area contributed by atoms with E-state index in [2.05, 4.69) is 20.9 Å². The average Bonchev–Trinajstić information content (AvgIpc) is 2.81. The van der Waals surface area contributed by atoms with Crippen LogP contribution in [0.15, 0.2) is 4.99 Å². The molecule has 216 valence electrons. The van der Waals surface area contributed by atoms with Gasteiger partial charge >= 0.3 is 5.97 Å². The highest BCUT2D eigenvalue weighted by atomic mass is 16.4. The van der Waals surface area contributed by atoms with Gasteiger partial charge in [0.1, 0.15) is 18.1 Å². The summed E-state index contributed by atoms with van der Waals surface area (Å²) in [5, 5.41) is 16.6. The van der Waals surface area contributed by atoms with Crippen LogP contribution in [0.5, 0.6) is 0 Å². The molecule has 4 unspecified atom stereocenters. The lowest BCUT2D eigenvalue weighted by Gasteiger charge is -2.25. The first kappa shape index (κ1) is 34.0. The van der Waals surface area contributed by atoms with Gasteiger partial charge in [-0.05, 0) is 45.1 Å². The first-order valence-electron chi connectivity index (χ1n) is 12.0. The van der Waals surface area contributed by atoms with Crippen molar-refractivity contribution in [3.8, 4) is 0 Å². The summed E-state index contributed by atoms with van der Waals surface area (Å²) in [5.74, 6) is -5.61. The van der Waals surface area contributed by atoms with E-state index < -0.39 is 66.1 Å². The number of carbonyl (C=O) groups is 6. The average molecular weight is 545 g/mol. The molecule has 16 N–H and O–H groups in total. The Hall–Kier alpha value is -3.99. The number of hydrogen-bond donors (Lipinski definition) is 10. The largest absolute Gasteiger partial charge is 0.480 e. The lowest BCUT2D eigenvalue weighted by molar-refractivity contribution is -0.142. The first-order valence-corrected chi connectivity index (χ1v) is 12.0. The van der Waals surface area contributed by atoms with Gasteiger partial charge < -0.3 is 55.5 Å². The fraction of sp³-hybridized carbons (Fsp3) is 0.667. The van der Waals surface area contributed by atoms with Gasteiger partial charge in [-0.15, -0.1) is 0 Å². The molecule has 0 rings (SSSR count). The van der Waals surface area contributed by atoms with Crippen molar-refractivity contribution in [3.63, 3.8) is 0 Å². The topological polar surface area (TPSA) is 327 Å². The minimum Gasteiger partial charge on any atom is -0.480 e. The van der Waals surface area contributed by atoms with Crippen molar-refractivity contribution in [3.05, 3.63) is 0 Å². The molecule has 0 aliphatic rings. The van der Waals surface area contributed by atoms with E-state index in [0.29, 0.717) is 19.4 Å². The third kappa shape index (κ3) is 15.2. The summed E-state index contributed by atoms with van der Waals surface area (Å²) < 4.78 is 0. The Kier molecular flexibility index (Phi) is 16.4. The number of carbonyl (C=O) groups excluding carboxylic acids is 5. The van der Waals surface area contributed by atoms with E-state index in [9.17, 15) is 33.9 Å². The molecule has 5 amide bonds. The quantitative estimate of drug-likeness (QED) is 0.0393. The van der Waals surface area contributed by atoms with Crippen LogP contribution in [0.1, 0.15) is 51.4 Å². The van der Waals surface area contributed by atoms with E-state index in [-0.39, 0.29) is 44.6 Å². The Labute approximate surface area is 219 Å². The molecule has 0 aromatic carbocycles. The zero-order valence-electron chi connectivity index (χ0n) is 21.2. The van der Waals surface area contributed by atoms with Crippen molar-refractivity contribution < 1.29 is 33.9 Å². The number of carboxylic acids is 1. The van der Waals surface area contributed by atoms with E-state index in [1.54, 1.807) is 0 Å². The van der Waals surface area contributed by atoms with E-state index in [1.165, 1.54) is 0 Å². The number of aliphatic imine (C=N–C) groups is 1. The fourth-order valence-electron chi connectivity index (χ4n) is 3.21. The van der Waals surface area contributed by atoms with Crippen molar-refractivity contribution in [2.45, 2.75) is 75.5 Å². The molecule has 38 heavy (non-hydrogen) atoms.